The summed E-state index contributed by atoms with van der Waals surface area (Å²) in [4.78, 5) is 18.4. The Bertz CT molecular complexity index is 911. The maximum absolute atomic E-state index is 12.1. The fraction of sp³-hybridized carbons (Fsp3) is 0.200. The van der Waals surface area contributed by atoms with E-state index in [1.165, 1.54) is 0 Å². The van der Waals surface area contributed by atoms with E-state index >= 15 is 0 Å². The molecule has 0 atom stereocenters. The van der Waals surface area contributed by atoms with E-state index in [1.54, 1.807) is 18.3 Å². The molecule has 0 saturated heterocycles. The van der Waals surface area contributed by atoms with Gasteiger partial charge in [0.25, 0.3) is 5.91 Å². The Morgan fingerprint density at radius 1 is 1.15 bits per heavy atom. The lowest BCUT2D eigenvalue weighted by molar-refractivity contribution is -0.123. The first-order chi connectivity index (χ1) is 12.5. The number of nitrogens with zero attached hydrogens (tertiary/aromatic N) is 2. The van der Waals surface area contributed by atoms with Crippen molar-refractivity contribution in [1.82, 2.24) is 10.3 Å². The van der Waals surface area contributed by atoms with Crippen molar-refractivity contribution < 1.29 is 9.53 Å². The number of carbonyl (C=O) groups excluding carboxylic acids is 1. The first-order valence-corrected chi connectivity index (χ1v) is 8.61. The molecule has 0 unspecified atom stereocenters. The number of amides is 1. The second-order valence-electron chi connectivity index (χ2n) is 6.07. The average molecular weight is 370 g/mol. The van der Waals surface area contributed by atoms with Gasteiger partial charge in [0, 0.05) is 37.9 Å². The maximum atomic E-state index is 12.1. The highest BCUT2D eigenvalue weighted by molar-refractivity contribution is 6.35. The van der Waals surface area contributed by atoms with E-state index < -0.39 is 0 Å². The Morgan fingerprint density at radius 3 is 2.65 bits per heavy atom. The average Bonchev–Trinajstić information content (AvgIpc) is 2.66. The third-order valence-electron chi connectivity index (χ3n) is 3.98. The molecule has 0 fully saturated rings. The number of aromatic nitrogens is 1. The molecule has 26 heavy (non-hydrogen) atoms. The molecule has 1 N–H and O–H groups in total. The third-order valence-corrected chi connectivity index (χ3v) is 4.31. The number of pyridine rings is 1. The normalized spacial score (nSPS) is 10.6. The minimum Gasteiger partial charge on any atom is -0.481 e. The number of benzene rings is 2. The topological polar surface area (TPSA) is 54.5 Å². The first-order valence-electron chi connectivity index (χ1n) is 8.23. The molecule has 1 amide bonds. The van der Waals surface area contributed by atoms with Gasteiger partial charge in [0.1, 0.15) is 11.3 Å². The minimum atomic E-state index is -0.194. The molecule has 0 radical (unpaired) electrons. The lowest BCUT2D eigenvalue weighted by Crippen LogP contribution is -2.28. The van der Waals surface area contributed by atoms with Gasteiger partial charge in [-0.05, 0) is 42.0 Å². The summed E-state index contributed by atoms with van der Waals surface area (Å²) in [5.41, 5.74) is 2.79. The zero-order valence-electron chi connectivity index (χ0n) is 14.7. The van der Waals surface area contributed by atoms with E-state index in [0.717, 1.165) is 16.6 Å². The monoisotopic (exact) mass is 369 g/mol. The van der Waals surface area contributed by atoms with Crippen molar-refractivity contribution >= 4 is 34.1 Å². The van der Waals surface area contributed by atoms with Crippen molar-refractivity contribution in [1.29, 1.82) is 0 Å². The van der Waals surface area contributed by atoms with Crippen LogP contribution in [0.5, 0.6) is 5.75 Å². The van der Waals surface area contributed by atoms with Crippen molar-refractivity contribution in [2.75, 3.05) is 25.6 Å². The maximum Gasteiger partial charge on any atom is 0.258 e. The van der Waals surface area contributed by atoms with Crippen LogP contribution < -0.4 is 15.0 Å². The smallest absolute Gasteiger partial charge is 0.258 e. The number of rotatable bonds is 6. The summed E-state index contributed by atoms with van der Waals surface area (Å²) in [7, 11) is 3.98. The SMILES string of the molecule is CN(C)c1ccc(CNC(=O)COc2ccc(Cl)c3cccnc23)cc1. The van der Waals surface area contributed by atoms with Crippen molar-refractivity contribution in [2.24, 2.45) is 0 Å². The van der Waals surface area contributed by atoms with Crippen LogP contribution in [0.25, 0.3) is 10.9 Å². The largest absolute Gasteiger partial charge is 0.481 e. The van der Waals surface area contributed by atoms with Gasteiger partial charge in [0.2, 0.25) is 0 Å². The van der Waals surface area contributed by atoms with E-state index in [0.29, 0.717) is 22.8 Å². The van der Waals surface area contributed by atoms with Crippen LogP contribution in [0.2, 0.25) is 5.02 Å². The molecule has 0 bridgehead atoms. The predicted octanol–water partition coefficient (Wildman–Crippen LogP) is 3.65. The fourth-order valence-corrected chi connectivity index (χ4v) is 2.75. The summed E-state index contributed by atoms with van der Waals surface area (Å²) in [5.74, 6) is 0.344. The fourth-order valence-electron chi connectivity index (χ4n) is 2.54. The molecule has 134 valence electrons. The molecular weight excluding hydrogens is 350 g/mol. The molecule has 3 rings (SSSR count). The number of hydrogen-bond acceptors (Lipinski definition) is 4. The molecular formula is C20H20ClN3O2. The first kappa shape index (κ1) is 18.0. The molecule has 2 aromatic carbocycles. The number of carbonyl (C=O) groups is 1. The highest BCUT2D eigenvalue weighted by Gasteiger charge is 2.09. The van der Waals surface area contributed by atoms with Gasteiger partial charge in [0.05, 0.1) is 5.02 Å². The Morgan fingerprint density at radius 2 is 1.92 bits per heavy atom. The minimum absolute atomic E-state index is 0.0803. The van der Waals surface area contributed by atoms with Crippen LogP contribution in [-0.4, -0.2) is 31.6 Å². The van der Waals surface area contributed by atoms with Crippen LogP contribution in [0, 0.1) is 0 Å². The molecule has 6 heteroatoms. The summed E-state index contributed by atoms with van der Waals surface area (Å²) < 4.78 is 5.64. The van der Waals surface area contributed by atoms with Gasteiger partial charge in [-0.1, -0.05) is 23.7 Å². The second kappa shape index (κ2) is 8.06. The number of fused-ring (bicyclic) bond motifs is 1. The molecule has 0 saturated carbocycles. The van der Waals surface area contributed by atoms with Crippen LogP contribution >= 0.6 is 11.6 Å². The van der Waals surface area contributed by atoms with E-state index in [1.807, 2.05) is 55.4 Å². The summed E-state index contributed by atoms with van der Waals surface area (Å²) in [6.07, 6.45) is 1.67. The van der Waals surface area contributed by atoms with Crippen molar-refractivity contribution in [3.63, 3.8) is 0 Å². The molecule has 3 aromatic rings. The van der Waals surface area contributed by atoms with Gasteiger partial charge >= 0.3 is 0 Å². The summed E-state index contributed by atoms with van der Waals surface area (Å²) in [6, 6.07) is 15.2. The summed E-state index contributed by atoms with van der Waals surface area (Å²) >= 11 is 6.16. The van der Waals surface area contributed by atoms with Crippen molar-refractivity contribution in [3.05, 3.63) is 65.3 Å². The van der Waals surface area contributed by atoms with Crippen LogP contribution in [-0.2, 0) is 11.3 Å². The van der Waals surface area contributed by atoms with E-state index in [4.69, 9.17) is 16.3 Å². The summed E-state index contributed by atoms with van der Waals surface area (Å²) in [5, 5.41) is 4.26. The van der Waals surface area contributed by atoms with E-state index in [-0.39, 0.29) is 12.5 Å². The zero-order valence-corrected chi connectivity index (χ0v) is 15.5. The van der Waals surface area contributed by atoms with Gasteiger partial charge in [-0.2, -0.15) is 0 Å². The number of halogens is 1. The molecule has 0 aliphatic rings. The van der Waals surface area contributed by atoms with Crippen LogP contribution in [0.15, 0.2) is 54.7 Å². The van der Waals surface area contributed by atoms with Gasteiger partial charge in [-0.3, -0.25) is 9.78 Å². The van der Waals surface area contributed by atoms with Gasteiger partial charge < -0.3 is 15.0 Å². The van der Waals surface area contributed by atoms with Gasteiger partial charge in [-0.25, -0.2) is 0 Å². The molecule has 5 nitrogen and oxygen atoms in total. The highest BCUT2D eigenvalue weighted by Crippen LogP contribution is 2.29. The quantitative estimate of drug-likeness (QED) is 0.720. The third kappa shape index (κ3) is 4.24. The molecule has 0 aliphatic heterocycles. The van der Waals surface area contributed by atoms with E-state index in [2.05, 4.69) is 10.3 Å². The van der Waals surface area contributed by atoms with Crippen LogP contribution in [0.4, 0.5) is 5.69 Å². The molecule has 0 spiro atoms. The van der Waals surface area contributed by atoms with Crippen LogP contribution in [0.1, 0.15) is 5.56 Å². The Hall–Kier alpha value is -2.79. The lowest BCUT2D eigenvalue weighted by Gasteiger charge is -2.13. The second-order valence-corrected chi connectivity index (χ2v) is 6.48. The zero-order chi connectivity index (χ0) is 18.5. The molecule has 0 aliphatic carbocycles. The Kier molecular flexibility index (Phi) is 5.58. The van der Waals surface area contributed by atoms with Crippen molar-refractivity contribution in [3.8, 4) is 5.75 Å². The van der Waals surface area contributed by atoms with Gasteiger partial charge in [0.15, 0.2) is 6.61 Å². The molecule has 1 heterocycles. The van der Waals surface area contributed by atoms with Crippen LogP contribution in [0.3, 0.4) is 0 Å². The van der Waals surface area contributed by atoms with Gasteiger partial charge in [-0.15, -0.1) is 0 Å². The predicted molar refractivity (Wildman–Crippen MR) is 105 cm³/mol. The summed E-state index contributed by atoms with van der Waals surface area (Å²) in [6.45, 7) is 0.374. The number of nitrogens with one attached hydrogen (secondary N) is 1. The number of anilines is 1. The highest BCUT2D eigenvalue weighted by atomic mass is 35.5. The standard InChI is InChI=1S/C20H20ClN3O2/c1-24(2)15-7-5-14(6-8-15)12-23-19(25)13-26-18-10-9-17(21)16-4-3-11-22-20(16)18/h3-11H,12-13H2,1-2H3,(H,23,25). The Balaban J connectivity index is 1.57. The lowest BCUT2D eigenvalue weighted by atomic mass is 10.2. The Labute approximate surface area is 157 Å². The van der Waals surface area contributed by atoms with E-state index in [9.17, 15) is 4.79 Å². The number of hydrogen-bond donors (Lipinski definition) is 1. The number of ether oxygens (including phenoxy) is 1. The molecule has 1 aromatic heterocycles. The van der Waals surface area contributed by atoms with Crippen molar-refractivity contribution in [2.45, 2.75) is 6.54 Å².